The number of rotatable bonds is 5. The van der Waals surface area contributed by atoms with E-state index in [0.29, 0.717) is 13.2 Å². The highest BCUT2D eigenvalue weighted by molar-refractivity contribution is 5.66. The predicted octanol–water partition coefficient (Wildman–Crippen LogP) is -1.53. The van der Waals surface area contributed by atoms with Gasteiger partial charge in [-0.1, -0.05) is 0 Å². The second-order valence-corrected chi connectivity index (χ2v) is 1.52. The molecule has 5 nitrogen and oxygen atoms in total. The molecule has 0 saturated heterocycles. The van der Waals surface area contributed by atoms with Gasteiger partial charge >= 0.3 is 5.97 Å². The number of nitrogens with one attached hydrogen (secondary N) is 2. The summed E-state index contributed by atoms with van der Waals surface area (Å²) in [5.41, 5.74) is 2.34. The summed E-state index contributed by atoms with van der Waals surface area (Å²) < 4.78 is 0. The molecule has 0 bridgehead atoms. The van der Waals surface area contributed by atoms with Crippen molar-refractivity contribution < 1.29 is 9.90 Å². The van der Waals surface area contributed by atoms with Crippen LogP contribution < -0.4 is 16.6 Å². The standard InChI is InChI=1S/C4H11N3O2/c5-7-3-6-2-1-4(8)9/h6-7H,1-3,5H2,(H,8,9). The van der Waals surface area contributed by atoms with E-state index in [4.69, 9.17) is 10.9 Å². The molecule has 0 amide bonds. The van der Waals surface area contributed by atoms with E-state index in [0.717, 1.165) is 0 Å². The lowest BCUT2D eigenvalue weighted by Gasteiger charge is -1.98. The molecule has 5 heteroatoms. The molecule has 5 N–H and O–H groups in total. The number of carbonyl (C=O) groups is 1. The summed E-state index contributed by atoms with van der Waals surface area (Å²) in [5, 5.41) is 10.9. The molecule has 0 saturated carbocycles. The first-order valence-corrected chi connectivity index (χ1v) is 2.63. The quantitative estimate of drug-likeness (QED) is 0.158. The van der Waals surface area contributed by atoms with Crippen molar-refractivity contribution in [1.82, 2.24) is 10.7 Å². The lowest BCUT2D eigenvalue weighted by Crippen LogP contribution is -2.34. The Balaban J connectivity index is 2.83. The Morgan fingerprint density at radius 2 is 2.33 bits per heavy atom. The second kappa shape index (κ2) is 5.49. The number of hydrogen-bond acceptors (Lipinski definition) is 4. The summed E-state index contributed by atoms with van der Waals surface area (Å²) in [7, 11) is 0. The maximum absolute atomic E-state index is 9.87. The topological polar surface area (TPSA) is 87.4 Å². The van der Waals surface area contributed by atoms with Crippen LogP contribution in [0.3, 0.4) is 0 Å². The fourth-order valence-electron chi connectivity index (χ4n) is 0.356. The Morgan fingerprint density at radius 3 is 2.78 bits per heavy atom. The highest BCUT2D eigenvalue weighted by atomic mass is 16.4. The Bertz CT molecular complexity index is 85.9. The van der Waals surface area contributed by atoms with Crippen molar-refractivity contribution in [2.45, 2.75) is 6.42 Å². The summed E-state index contributed by atoms with van der Waals surface area (Å²) in [5.74, 6) is 4.08. The van der Waals surface area contributed by atoms with Gasteiger partial charge < -0.3 is 10.4 Å². The average molecular weight is 133 g/mol. The number of hydrogen-bond donors (Lipinski definition) is 4. The molecular weight excluding hydrogens is 122 g/mol. The molecule has 0 aliphatic carbocycles. The first-order valence-electron chi connectivity index (χ1n) is 2.63. The van der Waals surface area contributed by atoms with Crippen LogP contribution in [0.15, 0.2) is 0 Å². The van der Waals surface area contributed by atoms with Crippen LogP contribution in [0, 0.1) is 0 Å². The molecule has 0 aliphatic heterocycles. The molecule has 0 rings (SSSR count). The minimum absolute atomic E-state index is 0.127. The SMILES string of the molecule is NNCNCCC(=O)O. The van der Waals surface area contributed by atoms with Crippen molar-refractivity contribution in [2.24, 2.45) is 5.84 Å². The van der Waals surface area contributed by atoms with Crippen LogP contribution in [0.2, 0.25) is 0 Å². The number of nitrogens with two attached hydrogens (primary N) is 1. The second-order valence-electron chi connectivity index (χ2n) is 1.52. The fourth-order valence-corrected chi connectivity index (χ4v) is 0.356. The Hall–Kier alpha value is -0.650. The third kappa shape index (κ3) is 7.35. The molecule has 0 heterocycles. The van der Waals surface area contributed by atoms with Crippen molar-refractivity contribution in [3.05, 3.63) is 0 Å². The molecule has 54 valence electrons. The van der Waals surface area contributed by atoms with E-state index in [-0.39, 0.29) is 6.42 Å². The molecular formula is C4H11N3O2. The summed E-state index contributed by atoms with van der Waals surface area (Å²) in [6.07, 6.45) is 0.127. The molecule has 0 unspecified atom stereocenters. The molecule has 0 aromatic heterocycles. The number of carboxylic acids is 1. The monoisotopic (exact) mass is 133 g/mol. The van der Waals surface area contributed by atoms with E-state index in [1.54, 1.807) is 0 Å². The van der Waals surface area contributed by atoms with Gasteiger partial charge in [0.05, 0.1) is 13.1 Å². The summed E-state index contributed by atoms with van der Waals surface area (Å²) >= 11 is 0. The van der Waals surface area contributed by atoms with Crippen molar-refractivity contribution in [3.63, 3.8) is 0 Å². The molecule has 0 aromatic carbocycles. The zero-order valence-electron chi connectivity index (χ0n) is 5.05. The predicted molar refractivity (Wildman–Crippen MR) is 32.4 cm³/mol. The van der Waals surface area contributed by atoms with Crippen LogP contribution >= 0.6 is 0 Å². The Labute approximate surface area is 53.2 Å². The molecule has 0 fully saturated rings. The van der Waals surface area contributed by atoms with E-state index >= 15 is 0 Å². The van der Waals surface area contributed by atoms with Crippen LogP contribution in [0.4, 0.5) is 0 Å². The van der Waals surface area contributed by atoms with Gasteiger partial charge in [0.2, 0.25) is 0 Å². The van der Waals surface area contributed by atoms with Gasteiger partial charge in [0.25, 0.3) is 0 Å². The van der Waals surface area contributed by atoms with Crippen molar-refractivity contribution in [2.75, 3.05) is 13.2 Å². The van der Waals surface area contributed by atoms with Crippen LogP contribution in [-0.4, -0.2) is 24.3 Å². The van der Waals surface area contributed by atoms with Crippen LogP contribution in [0.5, 0.6) is 0 Å². The Morgan fingerprint density at radius 1 is 1.67 bits per heavy atom. The third-order valence-corrected chi connectivity index (χ3v) is 0.743. The largest absolute Gasteiger partial charge is 0.481 e. The summed E-state index contributed by atoms with van der Waals surface area (Å²) in [6, 6.07) is 0. The zero-order chi connectivity index (χ0) is 7.11. The maximum Gasteiger partial charge on any atom is 0.304 e. The maximum atomic E-state index is 9.87. The molecule has 0 aromatic rings. The van der Waals surface area contributed by atoms with Crippen molar-refractivity contribution in [3.8, 4) is 0 Å². The van der Waals surface area contributed by atoms with Gasteiger partial charge in [-0.15, -0.1) is 0 Å². The van der Waals surface area contributed by atoms with Gasteiger partial charge in [0.15, 0.2) is 0 Å². The average Bonchev–Trinajstić information content (AvgIpc) is 1.80. The van der Waals surface area contributed by atoms with Gasteiger partial charge in [-0.2, -0.15) is 0 Å². The van der Waals surface area contributed by atoms with Gasteiger partial charge in [0.1, 0.15) is 0 Å². The van der Waals surface area contributed by atoms with Crippen LogP contribution in [-0.2, 0) is 4.79 Å². The minimum atomic E-state index is -0.806. The lowest BCUT2D eigenvalue weighted by atomic mass is 10.4. The Kier molecular flexibility index (Phi) is 5.09. The van der Waals surface area contributed by atoms with Gasteiger partial charge in [-0.25, -0.2) is 5.43 Å². The molecule has 0 atom stereocenters. The smallest absolute Gasteiger partial charge is 0.304 e. The van der Waals surface area contributed by atoms with E-state index in [1.165, 1.54) is 0 Å². The first kappa shape index (κ1) is 8.35. The fraction of sp³-hybridized carbons (Fsp3) is 0.750. The van der Waals surface area contributed by atoms with E-state index in [2.05, 4.69) is 10.7 Å². The van der Waals surface area contributed by atoms with Crippen LogP contribution in [0.25, 0.3) is 0 Å². The molecule has 0 spiro atoms. The van der Waals surface area contributed by atoms with Crippen LogP contribution in [0.1, 0.15) is 6.42 Å². The summed E-state index contributed by atoms with van der Waals surface area (Å²) in [6.45, 7) is 0.882. The number of carboxylic acid groups (broad SMARTS) is 1. The van der Waals surface area contributed by atoms with E-state index in [1.807, 2.05) is 0 Å². The highest BCUT2D eigenvalue weighted by Gasteiger charge is 1.92. The lowest BCUT2D eigenvalue weighted by molar-refractivity contribution is -0.136. The molecule has 0 aliphatic rings. The van der Waals surface area contributed by atoms with Crippen molar-refractivity contribution in [1.29, 1.82) is 0 Å². The van der Waals surface area contributed by atoms with Gasteiger partial charge in [-0.05, 0) is 0 Å². The van der Waals surface area contributed by atoms with Gasteiger partial charge in [0, 0.05) is 6.54 Å². The number of aliphatic carboxylic acids is 1. The van der Waals surface area contributed by atoms with Crippen molar-refractivity contribution >= 4 is 5.97 Å². The van der Waals surface area contributed by atoms with E-state index in [9.17, 15) is 4.79 Å². The van der Waals surface area contributed by atoms with E-state index < -0.39 is 5.97 Å². The summed E-state index contributed by atoms with van der Waals surface area (Å²) in [4.78, 5) is 9.87. The first-order chi connectivity index (χ1) is 4.27. The van der Waals surface area contributed by atoms with Gasteiger partial charge in [-0.3, -0.25) is 10.6 Å². The molecule has 9 heavy (non-hydrogen) atoms. The third-order valence-electron chi connectivity index (χ3n) is 0.743. The zero-order valence-corrected chi connectivity index (χ0v) is 5.05. The minimum Gasteiger partial charge on any atom is -0.481 e. The normalized spacial score (nSPS) is 9.44. The number of hydrazine groups is 1. The molecule has 0 radical (unpaired) electrons. The highest BCUT2D eigenvalue weighted by Crippen LogP contribution is 1.72.